The van der Waals surface area contributed by atoms with Crippen LogP contribution in [-0.4, -0.2) is 43.4 Å². The molecule has 0 amide bonds. The molecule has 176 valence electrons. The number of aromatic carboxylic acids is 1. The highest BCUT2D eigenvalue weighted by atomic mass is 16.5. The molecule has 0 saturated heterocycles. The summed E-state index contributed by atoms with van der Waals surface area (Å²) in [4.78, 5) is 16.6. The topological polar surface area (TPSA) is 74.7 Å². The molecule has 0 atom stereocenters. The molecule has 5 rings (SSSR count). The molecule has 1 aliphatic carbocycles. The normalized spacial score (nSPS) is 14.4. The predicted octanol–water partition coefficient (Wildman–Crippen LogP) is 5.57. The molecule has 6 nitrogen and oxygen atoms in total. The van der Waals surface area contributed by atoms with Crippen LogP contribution >= 0.6 is 0 Å². The summed E-state index contributed by atoms with van der Waals surface area (Å²) >= 11 is 0. The van der Waals surface area contributed by atoms with Gasteiger partial charge in [-0.1, -0.05) is 24.3 Å². The average Bonchev–Trinajstić information content (AvgIpc) is 3.37. The molecule has 34 heavy (non-hydrogen) atoms. The highest BCUT2D eigenvalue weighted by molar-refractivity contribution is 5.93. The summed E-state index contributed by atoms with van der Waals surface area (Å²) in [6.45, 7) is 1.58. The maximum absolute atomic E-state index is 10.5. The van der Waals surface area contributed by atoms with Gasteiger partial charge in [0.05, 0.1) is 30.7 Å². The van der Waals surface area contributed by atoms with Gasteiger partial charge in [-0.25, -0.2) is 4.79 Å². The van der Waals surface area contributed by atoms with Crippen LogP contribution in [0, 0.1) is 0 Å². The number of hydrogen-bond acceptors (Lipinski definition) is 5. The largest absolute Gasteiger partial charge is 0.478 e. The van der Waals surface area contributed by atoms with E-state index in [1.54, 1.807) is 7.05 Å². The van der Waals surface area contributed by atoms with E-state index < -0.39 is 5.97 Å². The lowest BCUT2D eigenvalue weighted by Crippen LogP contribution is -2.10. The lowest BCUT2D eigenvalue weighted by molar-refractivity contribution is 0.0698. The van der Waals surface area contributed by atoms with Crippen molar-refractivity contribution in [1.29, 1.82) is 0 Å². The van der Waals surface area contributed by atoms with Gasteiger partial charge in [0, 0.05) is 31.7 Å². The van der Waals surface area contributed by atoms with Crippen LogP contribution in [0.3, 0.4) is 0 Å². The molecule has 2 aromatic carbocycles. The Balaban J connectivity index is 0.000000210. The fourth-order valence-electron chi connectivity index (χ4n) is 4.38. The fourth-order valence-corrected chi connectivity index (χ4v) is 4.38. The number of ether oxygens (including phenoxy) is 1. The van der Waals surface area contributed by atoms with E-state index in [1.165, 1.54) is 71.4 Å². The molecule has 0 unspecified atom stereocenters. The van der Waals surface area contributed by atoms with Crippen LogP contribution in [0.25, 0.3) is 5.57 Å². The Kier molecular flexibility index (Phi) is 7.60. The molecule has 3 aromatic rings. The minimum Gasteiger partial charge on any atom is -0.478 e. The number of nitrogens with one attached hydrogen (secondary N) is 1. The quantitative estimate of drug-likeness (QED) is 0.522. The maximum Gasteiger partial charge on any atom is 0.337 e. The van der Waals surface area contributed by atoms with Gasteiger partial charge in [0.25, 0.3) is 0 Å². The highest BCUT2D eigenvalue weighted by Gasteiger charge is 2.13. The monoisotopic (exact) mass is 457 g/mol. The van der Waals surface area contributed by atoms with Crippen molar-refractivity contribution in [2.24, 2.45) is 0 Å². The number of nitrogens with zero attached hydrogens (tertiary/aromatic N) is 2. The zero-order chi connectivity index (χ0) is 23.9. The third-order valence-electron chi connectivity index (χ3n) is 6.38. The molecule has 0 saturated carbocycles. The average molecular weight is 458 g/mol. The molecule has 1 aliphatic heterocycles. The zero-order valence-corrected chi connectivity index (χ0v) is 19.8. The summed E-state index contributed by atoms with van der Waals surface area (Å²) in [5.41, 5.74) is 9.07. The fraction of sp³-hybridized carbons (Fsp3) is 0.286. The molecule has 2 N–H and O–H groups in total. The van der Waals surface area contributed by atoms with Gasteiger partial charge in [-0.3, -0.25) is 4.98 Å². The first-order chi connectivity index (χ1) is 16.6. The summed E-state index contributed by atoms with van der Waals surface area (Å²) in [6.07, 6.45) is 9.91. The van der Waals surface area contributed by atoms with Crippen LogP contribution in [0.2, 0.25) is 0 Å². The first kappa shape index (κ1) is 23.5. The standard InChI is InChI=1S/C21H23NO.C7H8N2O2/c1-22(21-10-7-16-3-2-4-19(16)15-21)20-8-5-17(6-9-20)18-11-13-23-14-12-18;1-8-6-4-9-3-2-5(6)7(10)11/h5-11,15H,2-4,12-14H2,1H3;2-4,8H,1H3,(H,10,11). The van der Waals surface area contributed by atoms with Crippen molar-refractivity contribution in [3.05, 3.63) is 89.3 Å². The smallest absolute Gasteiger partial charge is 0.337 e. The van der Waals surface area contributed by atoms with E-state index >= 15 is 0 Å². The second kappa shape index (κ2) is 11.0. The number of aromatic nitrogens is 1. The van der Waals surface area contributed by atoms with E-state index in [4.69, 9.17) is 9.84 Å². The van der Waals surface area contributed by atoms with Gasteiger partial charge in [0.2, 0.25) is 0 Å². The van der Waals surface area contributed by atoms with Gasteiger partial charge in [-0.05, 0) is 78.3 Å². The van der Waals surface area contributed by atoms with Gasteiger partial charge in [-0.2, -0.15) is 0 Å². The molecule has 2 aliphatic rings. The molecule has 0 spiro atoms. The Bertz CT molecular complexity index is 1170. The Morgan fingerprint density at radius 3 is 2.47 bits per heavy atom. The van der Waals surface area contributed by atoms with Gasteiger partial charge >= 0.3 is 5.97 Å². The summed E-state index contributed by atoms with van der Waals surface area (Å²) in [7, 11) is 3.81. The lowest BCUT2D eigenvalue weighted by atomic mass is 10.0. The van der Waals surface area contributed by atoms with Crippen LogP contribution in [0.15, 0.2) is 67.0 Å². The van der Waals surface area contributed by atoms with Crippen LogP contribution < -0.4 is 10.2 Å². The first-order valence-corrected chi connectivity index (χ1v) is 11.6. The van der Waals surface area contributed by atoms with Crippen molar-refractivity contribution < 1.29 is 14.6 Å². The van der Waals surface area contributed by atoms with E-state index in [1.807, 2.05) is 0 Å². The second-order valence-electron chi connectivity index (χ2n) is 8.44. The maximum atomic E-state index is 10.5. The molecule has 2 heterocycles. The number of rotatable bonds is 5. The number of benzene rings is 2. The van der Waals surface area contributed by atoms with E-state index in [-0.39, 0.29) is 5.56 Å². The Morgan fingerprint density at radius 1 is 1.03 bits per heavy atom. The van der Waals surface area contributed by atoms with Crippen LogP contribution in [-0.2, 0) is 17.6 Å². The van der Waals surface area contributed by atoms with E-state index in [0.29, 0.717) is 5.69 Å². The first-order valence-electron chi connectivity index (χ1n) is 11.6. The number of anilines is 3. The molecule has 0 radical (unpaired) electrons. The van der Waals surface area contributed by atoms with Crippen molar-refractivity contribution in [2.45, 2.75) is 25.7 Å². The Hall–Kier alpha value is -3.64. The minimum absolute atomic E-state index is 0.238. The van der Waals surface area contributed by atoms with Crippen molar-refractivity contribution in [3.8, 4) is 0 Å². The Morgan fingerprint density at radius 2 is 1.79 bits per heavy atom. The number of aryl methyl sites for hydroxylation is 2. The predicted molar refractivity (Wildman–Crippen MR) is 137 cm³/mol. The summed E-state index contributed by atoms with van der Waals surface area (Å²) < 4.78 is 5.39. The van der Waals surface area contributed by atoms with Crippen LogP contribution in [0.4, 0.5) is 17.1 Å². The number of carboxylic acids is 1. The van der Waals surface area contributed by atoms with Gasteiger partial charge in [0.15, 0.2) is 0 Å². The highest BCUT2D eigenvalue weighted by Crippen LogP contribution is 2.31. The number of fused-ring (bicyclic) bond motifs is 1. The van der Waals surface area contributed by atoms with E-state index in [2.05, 4.69) is 70.8 Å². The molecular formula is C28H31N3O3. The zero-order valence-electron chi connectivity index (χ0n) is 19.8. The molecule has 1 aromatic heterocycles. The molecule has 6 heteroatoms. The number of pyridine rings is 1. The minimum atomic E-state index is -0.947. The third-order valence-corrected chi connectivity index (χ3v) is 6.38. The third kappa shape index (κ3) is 5.46. The molecule has 0 fully saturated rings. The van der Waals surface area contributed by atoms with Gasteiger partial charge < -0.3 is 20.1 Å². The van der Waals surface area contributed by atoms with Gasteiger partial charge in [0.1, 0.15) is 0 Å². The summed E-state index contributed by atoms with van der Waals surface area (Å²) in [5, 5.41) is 11.4. The second-order valence-corrected chi connectivity index (χ2v) is 8.44. The summed E-state index contributed by atoms with van der Waals surface area (Å²) in [6, 6.07) is 17.3. The van der Waals surface area contributed by atoms with E-state index in [9.17, 15) is 4.79 Å². The number of carbonyl (C=O) groups is 1. The van der Waals surface area contributed by atoms with Crippen molar-refractivity contribution in [3.63, 3.8) is 0 Å². The van der Waals surface area contributed by atoms with E-state index in [0.717, 1.165) is 19.6 Å². The van der Waals surface area contributed by atoms with Crippen LogP contribution in [0.5, 0.6) is 0 Å². The number of carboxylic acid groups (broad SMARTS) is 1. The van der Waals surface area contributed by atoms with Crippen molar-refractivity contribution in [2.75, 3.05) is 37.5 Å². The van der Waals surface area contributed by atoms with Crippen molar-refractivity contribution in [1.82, 2.24) is 4.98 Å². The Labute approximate surface area is 200 Å². The number of hydrogen-bond donors (Lipinski definition) is 2. The summed E-state index contributed by atoms with van der Waals surface area (Å²) in [5.74, 6) is -0.947. The SMILES string of the molecule is CN(c1ccc(C2=CCOCC2)cc1)c1ccc2c(c1)CCC2.CNc1cnccc1C(=O)O. The van der Waals surface area contributed by atoms with Crippen LogP contribution in [0.1, 0.15) is 39.9 Å². The van der Waals surface area contributed by atoms with Gasteiger partial charge in [-0.15, -0.1) is 0 Å². The molecular weight excluding hydrogens is 426 g/mol. The molecule has 0 bridgehead atoms. The lowest BCUT2D eigenvalue weighted by Gasteiger charge is -2.21. The van der Waals surface area contributed by atoms with Crippen molar-refractivity contribution >= 4 is 28.6 Å².